The molecule has 5 nitrogen and oxygen atoms in total. The maximum atomic E-state index is 13.1. The standard InChI is InChI=1S/C17H15FO5/c1-21-14-7-12(8-15(9-14)22-2)17(20)23-10-16(19)11-4-3-5-13(18)6-11/h3-9H,10H2,1-2H3. The molecule has 0 saturated heterocycles. The van der Waals surface area contributed by atoms with Crippen LogP contribution in [0, 0.1) is 5.82 Å². The highest BCUT2D eigenvalue weighted by Gasteiger charge is 2.14. The predicted molar refractivity (Wildman–Crippen MR) is 80.6 cm³/mol. The number of carbonyl (C=O) groups excluding carboxylic acids is 2. The Morgan fingerprint density at radius 2 is 1.61 bits per heavy atom. The molecular weight excluding hydrogens is 303 g/mol. The molecule has 0 amide bonds. The van der Waals surface area contributed by atoms with E-state index in [1.165, 1.54) is 44.6 Å². The fraction of sp³-hybridized carbons (Fsp3) is 0.176. The van der Waals surface area contributed by atoms with Crippen LogP contribution in [-0.4, -0.2) is 32.6 Å². The summed E-state index contributed by atoms with van der Waals surface area (Å²) in [6.45, 7) is -0.484. The van der Waals surface area contributed by atoms with Gasteiger partial charge in [-0.1, -0.05) is 12.1 Å². The van der Waals surface area contributed by atoms with Crippen molar-refractivity contribution in [2.24, 2.45) is 0 Å². The van der Waals surface area contributed by atoms with Gasteiger partial charge in [-0.15, -0.1) is 0 Å². The van der Waals surface area contributed by atoms with E-state index in [1.54, 1.807) is 6.07 Å². The summed E-state index contributed by atoms with van der Waals surface area (Å²) in [6, 6.07) is 9.73. The lowest BCUT2D eigenvalue weighted by Crippen LogP contribution is -2.14. The van der Waals surface area contributed by atoms with Gasteiger partial charge in [0.15, 0.2) is 12.4 Å². The molecular formula is C17H15FO5. The molecule has 0 spiro atoms. The van der Waals surface area contributed by atoms with E-state index in [2.05, 4.69) is 0 Å². The Hall–Kier alpha value is -2.89. The third-order valence-electron chi connectivity index (χ3n) is 3.07. The van der Waals surface area contributed by atoms with Crippen molar-refractivity contribution in [1.29, 1.82) is 0 Å². The van der Waals surface area contributed by atoms with Crippen molar-refractivity contribution in [2.45, 2.75) is 0 Å². The first-order valence-corrected chi connectivity index (χ1v) is 6.72. The molecule has 0 aromatic heterocycles. The highest BCUT2D eigenvalue weighted by atomic mass is 19.1. The van der Waals surface area contributed by atoms with E-state index in [1.807, 2.05) is 0 Å². The maximum absolute atomic E-state index is 13.1. The topological polar surface area (TPSA) is 61.8 Å². The molecule has 23 heavy (non-hydrogen) atoms. The molecule has 6 heteroatoms. The Bertz CT molecular complexity index is 704. The zero-order valence-corrected chi connectivity index (χ0v) is 12.7. The molecule has 0 aliphatic rings. The average molecular weight is 318 g/mol. The number of Topliss-reactive ketones (excluding diaryl/α,β-unsaturated/α-hetero) is 1. The fourth-order valence-corrected chi connectivity index (χ4v) is 1.88. The van der Waals surface area contributed by atoms with Gasteiger partial charge in [0, 0.05) is 11.6 Å². The lowest BCUT2D eigenvalue weighted by atomic mass is 10.1. The number of halogens is 1. The number of methoxy groups -OCH3 is 2. The van der Waals surface area contributed by atoms with Crippen LogP contribution in [0.25, 0.3) is 0 Å². The van der Waals surface area contributed by atoms with Crippen molar-refractivity contribution in [2.75, 3.05) is 20.8 Å². The van der Waals surface area contributed by atoms with Gasteiger partial charge in [0.05, 0.1) is 19.8 Å². The number of hydrogen-bond acceptors (Lipinski definition) is 5. The van der Waals surface area contributed by atoms with Crippen molar-refractivity contribution in [1.82, 2.24) is 0 Å². The minimum Gasteiger partial charge on any atom is -0.497 e. The van der Waals surface area contributed by atoms with Gasteiger partial charge in [-0.25, -0.2) is 9.18 Å². The second-order valence-corrected chi connectivity index (χ2v) is 4.61. The van der Waals surface area contributed by atoms with E-state index in [4.69, 9.17) is 14.2 Å². The lowest BCUT2D eigenvalue weighted by molar-refractivity contribution is 0.0474. The highest BCUT2D eigenvalue weighted by molar-refractivity contribution is 5.99. The maximum Gasteiger partial charge on any atom is 0.338 e. The van der Waals surface area contributed by atoms with Gasteiger partial charge in [-0.3, -0.25) is 4.79 Å². The monoisotopic (exact) mass is 318 g/mol. The van der Waals surface area contributed by atoms with E-state index in [0.29, 0.717) is 11.5 Å². The number of benzene rings is 2. The average Bonchev–Trinajstić information content (AvgIpc) is 2.58. The van der Waals surface area contributed by atoms with E-state index >= 15 is 0 Å². The third-order valence-corrected chi connectivity index (χ3v) is 3.07. The number of esters is 1. The summed E-state index contributed by atoms with van der Waals surface area (Å²) in [4.78, 5) is 23.9. The summed E-state index contributed by atoms with van der Waals surface area (Å²) in [7, 11) is 2.91. The van der Waals surface area contributed by atoms with Crippen LogP contribution in [0.4, 0.5) is 4.39 Å². The van der Waals surface area contributed by atoms with E-state index < -0.39 is 24.2 Å². The molecule has 2 aromatic carbocycles. The summed E-state index contributed by atoms with van der Waals surface area (Å²) in [5, 5.41) is 0. The molecule has 2 rings (SSSR count). The molecule has 0 radical (unpaired) electrons. The fourth-order valence-electron chi connectivity index (χ4n) is 1.88. The number of hydrogen-bond donors (Lipinski definition) is 0. The van der Waals surface area contributed by atoms with Crippen LogP contribution < -0.4 is 9.47 Å². The minimum absolute atomic E-state index is 0.140. The van der Waals surface area contributed by atoms with Gasteiger partial charge >= 0.3 is 5.97 Å². The first-order valence-electron chi connectivity index (χ1n) is 6.72. The van der Waals surface area contributed by atoms with Crippen molar-refractivity contribution in [3.05, 3.63) is 59.4 Å². The zero-order valence-electron chi connectivity index (χ0n) is 12.7. The van der Waals surface area contributed by atoms with Gasteiger partial charge in [0.1, 0.15) is 17.3 Å². The molecule has 0 bridgehead atoms. The quantitative estimate of drug-likeness (QED) is 0.605. The molecule has 2 aromatic rings. The van der Waals surface area contributed by atoms with Crippen LogP contribution in [0.1, 0.15) is 20.7 Å². The predicted octanol–water partition coefficient (Wildman–Crippen LogP) is 2.88. The van der Waals surface area contributed by atoms with E-state index in [9.17, 15) is 14.0 Å². The van der Waals surface area contributed by atoms with Crippen LogP contribution in [0.3, 0.4) is 0 Å². The largest absolute Gasteiger partial charge is 0.497 e. The first-order chi connectivity index (χ1) is 11.0. The second kappa shape index (κ2) is 7.40. The molecule has 0 aliphatic carbocycles. The van der Waals surface area contributed by atoms with Gasteiger partial charge < -0.3 is 14.2 Å². The summed E-state index contributed by atoms with van der Waals surface area (Å²) in [6.07, 6.45) is 0. The molecule has 0 atom stereocenters. The lowest BCUT2D eigenvalue weighted by Gasteiger charge is -2.08. The van der Waals surface area contributed by atoms with Crippen molar-refractivity contribution >= 4 is 11.8 Å². The van der Waals surface area contributed by atoms with Crippen LogP contribution in [-0.2, 0) is 4.74 Å². The van der Waals surface area contributed by atoms with Gasteiger partial charge in [0.25, 0.3) is 0 Å². The Morgan fingerprint density at radius 1 is 0.957 bits per heavy atom. The zero-order chi connectivity index (χ0) is 16.8. The third kappa shape index (κ3) is 4.29. The van der Waals surface area contributed by atoms with Crippen LogP contribution in [0.15, 0.2) is 42.5 Å². The number of rotatable bonds is 6. The molecule has 0 fully saturated rings. The molecule has 120 valence electrons. The van der Waals surface area contributed by atoms with Crippen LogP contribution in [0.2, 0.25) is 0 Å². The molecule has 0 unspecified atom stereocenters. The second-order valence-electron chi connectivity index (χ2n) is 4.61. The van der Waals surface area contributed by atoms with Gasteiger partial charge in [-0.2, -0.15) is 0 Å². The molecule has 0 heterocycles. The number of carbonyl (C=O) groups is 2. The summed E-state index contributed by atoms with van der Waals surface area (Å²) in [5.74, 6) is -0.875. The minimum atomic E-state index is -0.702. The van der Waals surface area contributed by atoms with E-state index in [-0.39, 0.29) is 11.1 Å². The van der Waals surface area contributed by atoms with Gasteiger partial charge in [-0.05, 0) is 24.3 Å². The Labute approximate surface area is 132 Å². The Balaban J connectivity index is 2.06. The normalized spacial score (nSPS) is 10.0. The summed E-state index contributed by atoms with van der Waals surface area (Å²) < 4.78 is 28.1. The van der Waals surface area contributed by atoms with Gasteiger partial charge in [0.2, 0.25) is 0 Å². The Kier molecular flexibility index (Phi) is 5.30. The number of ether oxygens (including phenoxy) is 3. The number of ketones is 1. The summed E-state index contributed by atoms with van der Waals surface area (Å²) in [5.41, 5.74) is 0.328. The summed E-state index contributed by atoms with van der Waals surface area (Å²) >= 11 is 0. The first kappa shape index (κ1) is 16.5. The molecule has 0 N–H and O–H groups in total. The van der Waals surface area contributed by atoms with Crippen molar-refractivity contribution in [3.8, 4) is 11.5 Å². The molecule has 0 saturated carbocycles. The SMILES string of the molecule is COc1cc(OC)cc(C(=O)OCC(=O)c2cccc(F)c2)c1. The smallest absolute Gasteiger partial charge is 0.338 e. The Morgan fingerprint density at radius 3 is 2.17 bits per heavy atom. The van der Waals surface area contributed by atoms with Crippen molar-refractivity contribution < 1.29 is 28.2 Å². The molecule has 0 aliphatic heterocycles. The van der Waals surface area contributed by atoms with Crippen molar-refractivity contribution in [3.63, 3.8) is 0 Å². The van der Waals surface area contributed by atoms with Crippen LogP contribution in [0.5, 0.6) is 11.5 Å². The van der Waals surface area contributed by atoms with E-state index in [0.717, 1.165) is 6.07 Å². The highest BCUT2D eigenvalue weighted by Crippen LogP contribution is 2.23. The van der Waals surface area contributed by atoms with Crippen LogP contribution >= 0.6 is 0 Å².